The standard InChI is InChI=1S/C29H37N3O6/c1-4-38-28(35)30-24(18-21-8-6-5-7-9-21)27(34)32-17-14-29(20-32)12-15-31(16-13-29)26(33)23-19-22(36-2)10-11-25(23)37-3/h5-11,19,24H,4,12-18,20H2,1-3H3,(H,30,35). The third-order valence-electron chi connectivity index (χ3n) is 7.65. The highest BCUT2D eigenvalue weighted by molar-refractivity contribution is 5.97. The maximum absolute atomic E-state index is 13.6. The number of carbonyl (C=O) groups excluding carboxylic acids is 3. The van der Waals surface area contributed by atoms with Crippen LogP contribution < -0.4 is 14.8 Å². The zero-order valence-electron chi connectivity index (χ0n) is 22.4. The van der Waals surface area contributed by atoms with Crippen molar-refractivity contribution in [2.75, 3.05) is 47.0 Å². The van der Waals surface area contributed by atoms with Crippen LogP contribution in [0.3, 0.4) is 0 Å². The Kier molecular flexibility index (Phi) is 8.76. The lowest BCUT2D eigenvalue weighted by molar-refractivity contribution is -0.132. The third-order valence-corrected chi connectivity index (χ3v) is 7.65. The molecule has 0 aliphatic carbocycles. The number of alkyl carbamates (subject to hydrolysis) is 1. The van der Waals surface area contributed by atoms with E-state index in [1.807, 2.05) is 40.1 Å². The van der Waals surface area contributed by atoms with Crippen molar-refractivity contribution in [1.29, 1.82) is 0 Å². The lowest BCUT2D eigenvalue weighted by Gasteiger charge is -2.39. The van der Waals surface area contributed by atoms with Crippen molar-refractivity contribution in [1.82, 2.24) is 15.1 Å². The first-order valence-electron chi connectivity index (χ1n) is 13.2. The topological polar surface area (TPSA) is 97.4 Å². The Balaban J connectivity index is 1.40. The molecular formula is C29H37N3O6. The molecule has 2 fully saturated rings. The molecule has 2 aromatic rings. The van der Waals surface area contributed by atoms with Gasteiger partial charge in [-0.1, -0.05) is 30.3 Å². The van der Waals surface area contributed by atoms with E-state index in [1.165, 1.54) is 0 Å². The Morgan fingerprint density at radius 1 is 0.947 bits per heavy atom. The Labute approximate surface area is 224 Å². The van der Waals surface area contributed by atoms with E-state index >= 15 is 0 Å². The van der Waals surface area contributed by atoms with Crippen molar-refractivity contribution in [3.8, 4) is 11.5 Å². The fourth-order valence-corrected chi connectivity index (χ4v) is 5.45. The van der Waals surface area contributed by atoms with E-state index in [0.29, 0.717) is 49.7 Å². The molecule has 1 atom stereocenters. The Morgan fingerprint density at radius 2 is 1.63 bits per heavy atom. The molecule has 2 aliphatic heterocycles. The van der Waals surface area contributed by atoms with Crippen LogP contribution in [0.4, 0.5) is 4.79 Å². The number of likely N-dealkylation sites (tertiary alicyclic amines) is 2. The van der Waals surface area contributed by atoms with Crippen molar-refractivity contribution in [2.24, 2.45) is 5.41 Å². The number of nitrogens with one attached hydrogen (secondary N) is 1. The first-order chi connectivity index (χ1) is 18.4. The third kappa shape index (κ3) is 6.20. The minimum absolute atomic E-state index is 0.0356. The van der Waals surface area contributed by atoms with Crippen molar-refractivity contribution in [3.63, 3.8) is 0 Å². The van der Waals surface area contributed by atoms with E-state index in [4.69, 9.17) is 14.2 Å². The van der Waals surface area contributed by atoms with Gasteiger partial charge in [0.15, 0.2) is 0 Å². The van der Waals surface area contributed by atoms with Gasteiger partial charge in [-0.3, -0.25) is 9.59 Å². The molecule has 2 saturated heterocycles. The molecule has 1 unspecified atom stereocenters. The largest absolute Gasteiger partial charge is 0.497 e. The van der Waals surface area contributed by atoms with Crippen molar-refractivity contribution in [2.45, 2.75) is 38.6 Å². The van der Waals surface area contributed by atoms with Gasteiger partial charge in [0.25, 0.3) is 5.91 Å². The summed E-state index contributed by atoms with van der Waals surface area (Å²) in [6.45, 7) is 4.44. The number of hydrogen-bond acceptors (Lipinski definition) is 6. The van der Waals surface area contributed by atoms with Gasteiger partial charge in [0, 0.05) is 32.6 Å². The molecule has 0 aromatic heterocycles. The Bertz CT molecular complexity index is 1130. The molecule has 1 spiro atoms. The molecule has 38 heavy (non-hydrogen) atoms. The Hall–Kier alpha value is -3.75. The summed E-state index contributed by atoms with van der Waals surface area (Å²) in [4.78, 5) is 42.8. The van der Waals surface area contributed by atoms with Gasteiger partial charge in [0.05, 0.1) is 26.4 Å². The SMILES string of the molecule is CCOC(=O)NC(Cc1ccccc1)C(=O)N1CCC2(CCN(C(=O)c3cc(OC)ccc3OC)CC2)C1. The predicted molar refractivity (Wildman–Crippen MR) is 142 cm³/mol. The normalized spacial score (nSPS) is 17.1. The van der Waals surface area contributed by atoms with Crippen LogP contribution in [0, 0.1) is 5.41 Å². The molecule has 4 rings (SSSR count). The lowest BCUT2D eigenvalue weighted by Crippen LogP contribution is -2.50. The molecule has 0 bridgehead atoms. The van der Waals surface area contributed by atoms with Crippen LogP contribution >= 0.6 is 0 Å². The molecule has 2 aromatic carbocycles. The zero-order valence-corrected chi connectivity index (χ0v) is 22.4. The number of hydrogen-bond donors (Lipinski definition) is 1. The number of carbonyl (C=O) groups is 3. The van der Waals surface area contributed by atoms with Gasteiger partial charge >= 0.3 is 6.09 Å². The maximum atomic E-state index is 13.6. The molecule has 0 radical (unpaired) electrons. The first kappa shape index (κ1) is 27.3. The van der Waals surface area contributed by atoms with Gasteiger partial charge in [-0.15, -0.1) is 0 Å². The first-order valence-corrected chi connectivity index (χ1v) is 13.2. The summed E-state index contributed by atoms with van der Waals surface area (Å²) in [6, 6.07) is 14.2. The number of piperidine rings is 1. The van der Waals surface area contributed by atoms with Crippen molar-refractivity contribution < 1.29 is 28.6 Å². The average Bonchev–Trinajstić information content (AvgIpc) is 3.36. The highest BCUT2D eigenvalue weighted by Gasteiger charge is 2.44. The summed E-state index contributed by atoms with van der Waals surface area (Å²) in [5, 5.41) is 2.77. The predicted octanol–water partition coefficient (Wildman–Crippen LogP) is 3.52. The molecule has 9 nitrogen and oxygen atoms in total. The minimum atomic E-state index is -0.700. The molecule has 1 N–H and O–H groups in total. The summed E-state index contributed by atoms with van der Waals surface area (Å²) in [6.07, 6.45) is 2.30. The monoisotopic (exact) mass is 523 g/mol. The second kappa shape index (κ2) is 12.2. The van der Waals surface area contributed by atoms with E-state index in [1.54, 1.807) is 39.3 Å². The molecule has 3 amide bonds. The quantitative estimate of drug-likeness (QED) is 0.569. The lowest BCUT2D eigenvalue weighted by atomic mass is 9.77. The second-order valence-corrected chi connectivity index (χ2v) is 9.98. The summed E-state index contributed by atoms with van der Waals surface area (Å²) in [5.74, 6) is 0.947. The van der Waals surface area contributed by atoms with Crippen LogP contribution in [0.15, 0.2) is 48.5 Å². The van der Waals surface area contributed by atoms with Crippen LogP contribution in [0.5, 0.6) is 11.5 Å². The Morgan fingerprint density at radius 3 is 2.26 bits per heavy atom. The number of rotatable bonds is 8. The summed E-state index contributed by atoms with van der Waals surface area (Å²) in [5.41, 5.74) is 1.42. The summed E-state index contributed by atoms with van der Waals surface area (Å²) >= 11 is 0. The summed E-state index contributed by atoms with van der Waals surface area (Å²) in [7, 11) is 3.12. The number of nitrogens with zero attached hydrogens (tertiary/aromatic N) is 2. The second-order valence-electron chi connectivity index (χ2n) is 9.98. The maximum Gasteiger partial charge on any atom is 0.407 e. The van der Waals surface area contributed by atoms with Crippen molar-refractivity contribution in [3.05, 3.63) is 59.7 Å². The van der Waals surface area contributed by atoms with Gasteiger partial charge in [0.1, 0.15) is 17.5 Å². The highest BCUT2D eigenvalue weighted by Crippen LogP contribution is 2.41. The van der Waals surface area contributed by atoms with E-state index in [0.717, 1.165) is 24.8 Å². The van der Waals surface area contributed by atoms with Crippen LogP contribution in [0.1, 0.15) is 42.1 Å². The van der Waals surface area contributed by atoms with Crippen LogP contribution in [0.2, 0.25) is 0 Å². The van der Waals surface area contributed by atoms with Crippen LogP contribution in [-0.2, 0) is 16.0 Å². The summed E-state index contributed by atoms with van der Waals surface area (Å²) < 4.78 is 15.8. The average molecular weight is 524 g/mol. The molecule has 9 heteroatoms. The van der Waals surface area contributed by atoms with Gasteiger partial charge in [-0.2, -0.15) is 0 Å². The van der Waals surface area contributed by atoms with Gasteiger partial charge in [-0.25, -0.2) is 4.79 Å². The van der Waals surface area contributed by atoms with Gasteiger partial charge < -0.3 is 29.3 Å². The molecule has 2 aliphatic rings. The molecular weight excluding hydrogens is 486 g/mol. The van der Waals surface area contributed by atoms with E-state index < -0.39 is 12.1 Å². The van der Waals surface area contributed by atoms with Crippen LogP contribution in [0.25, 0.3) is 0 Å². The highest BCUT2D eigenvalue weighted by atomic mass is 16.5. The van der Waals surface area contributed by atoms with Crippen LogP contribution in [-0.4, -0.2) is 80.8 Å². The number of ether oxygens (including phenoxy) is 3. The molecule has 0 saturated carbocycles. The van der Waals surface area contributed by atoms with E-state index in [2.05, 4.69) is 5.32 Å². The van der Waals surface area contributed by atoms with Gasteiger partial charge in [0.2, 0.25) is 5.91 Å². The molecule has 204 valence electrons. The van der Waals surface area contributed by atoms with E-state index in [9.17, 15) is 14.4 Å². The number of amides is 3. The number of methoxy groups -OCH3 is 2. The molecule has 2 heterocycles. The smallest absolute Gasteiger partial charge is 0.407 e. The van der Waals surface area contributed by atoms with E-state index in [-0.39, 0.29) is 23.8 Å². The zero-order chi connectivity index (χ0) is 27.1. The van der Waals surface area contributed by atoms with Gasteiger partial charge in [-0.05, 0) is 55.4 Å². The fraction of sp³-hybridized carbons (Fsp3) is 0.483. The minimum Gasteiger partial charge on any atom is -0.497 e. The number of benzene rings is 2. The fourth-order valence-electron chi connectivity index (χ4n) is 5.45. The van der Waals surface area contributed by atoms with Crippen molar-refractivity contribution >= 4 is 17.9 Å².